The maximum Gasteiger partial charge on any atom is 0 e. The maximum absolute atomic E-state index is 9.63. The van der Waals surface area contributed by atoms with E-state index in [0.29, 0.717) is 13.3 Å². The molecule has 0 rings (SSSR count). The van der Waals surface area contributed by atoms with Crippen molar-refractivity contribution in [3.63, 3.8) is 0 Å². The van der Waals surface area contributed by atoms with Crippen LogP contribution in [0.5, 0.6) is 0 Å². The van der Waals surface area contributed by atoms with Gasteiger partial charge in [0, 0.05) is 32.7 Å². The molecular weight excluding hydrogens is 612 g/mol. The van der Waals surface area contributed by atoms with E-state index in [0.717, 1.165) is 0 Å². The largest absolute Gasteiger partial charge is 0 e. The van der Waals surface area contributed by atoms with Crippen LogP contribution in [-0.2, 0) is 41.8 Å². The van der Waals surface area contributed by atoms with Crippen LogP contribution in [0.4, 0.5) is 0 Å². The average Bonchev–Trinajstić information content (AvgIpc) is 1.60. The van der Waals surface area contributed by atoms with Crippen molar-refractivity contribution in [1.29, 1.82) is 0 Å². The zero-order chi connectivity index (χ0) is 9.86. The van der Waals surface area contributed by atoms with Gasteiger partial charge in [-0.1, -0.05) is 0 Å². The molecular formula is C4H14I3O2P2Y-. The first-order valence-corrected chi connectivity index (χ1v) is 20.1. The molecule has 0 bridgehead atoms. The summed E-state index contributed by atoms with van der Waals surface area (Å²) in [5.41, 5.74) is 0. The molecule has 0 aliphatic heterocycles. The van der Waals surface area contributed by atoms with E-state index in [2.05, 4.69) is 37.2 Å². The quantitative estimate of drug-likeness (QED) is 0.289. The minimum absolute atomic E-state index is 0. The summed E-state index contributed by atoms with van der Waals surface area (Å²) in [6, 6.07) is 0. The van der Waals surface area contributed by atoms with Crippen LogP contribution in [-0.4, -0.2) is 26.7 Å². The van der Waals surface area contributed by atoms with Gasteiger partial charge in [0.1, 0.15) is 0 Å². The molecule has 0 aliphatic carbocycles. The Morgan fingerprint density at radius 1 is 0.917 bits per heavy atom. The average molecular weight is 626 g/mol. The summed E-state index contributed by atoms with van der Waals surface area (Å²) < 4.78 is 19.3. The Bertz CT molecular complexity index is 94.5. The first-order valence-electron chi connectivity index (χ1n) is 2.69. The standard InChI is InChI=1S/2C2H7OP.I3.Y/c2*1-4(2)3;1-3-2;/h2*4H,1-2H3;;/q;;-1;. The molecule has 0 amide bonds. The van der Waals surface area contributed by atoms with Crippen LogP contribution in [0.2, 0.25) is 0 Å². The number of hydrogen-bond donors (Lipinski definition) is 0. The molecule has 0 unspecified atom stereocenters. The van der Waals surface area contributed by atoms with E-state index in [1.165, 1.54) is 0 Å². The normalized spacial score (nSPS) is 7.67. The molecule has 0 N–H and O–H groups in total. The molecule has 0 aromatic carbocycles. The smallest absolute Gasteiger partial charge is 0 e. The van der Waals surface area contributed by atoms with Gasteiger partial charge < -0.3 is 9.13 Å². The van der Waals surface area contributed by atoms with Crippen molar-refractivity contribution in [3.8, 4) is 0 Å². The van der Waals surface area contributed by atoms with Crippen LogP contribution in [0.25, 0.3) is 0 Å². The van der Waals surface area contributed by atoms with E-state index in [4.69, 9.17) is 0 Å². The molecule has 2 nitrogen and oxygen atoms in total. The van der Waals surface area contributed by atoms with Crippen LogP contribution >= 0.6 is 52.8 Å². The molecule has 0 saturated heterocycles. The molecule has 0 aliphatic rings. The predicted molar refractivity (Wildman–Crippen MR) is 69.7 cm³/mol. The van der Waals surface area contributed by atoms with E-state index in [-0.39, 0.29) is 32.7 Å². The van der Waals surface area contributed by atoms with Gasteiger partial charge in [0.15, 0.2) is 0 Å². The summed E-state index contributed by atoms with van der Waals surface area (Å²) in [4.78, 5) is 0. The third-order valence-corrected chi connectivity index (χ3v) is 0. The number of hydrogen-bond acceptors (Lipinski definition) is 2. The maximum atomic E-state index is 9.63. The SMILES string of the molecule is C[PH](C)=O.C[PH](C)=O.I[I-]I.[Y]. The summed E-state index contributed by atoms with van der Waals surface area (Å²) in [6.45, 7) is 6.85. The van der Waals surface area contributed by atoms with Crippen molar-refractivity contribution >= 4 is 52.8 Å². The first-order chi connectivity index (χ1) is 4.88. The zero-order valence-corrected chi connectivity index (χ0v) is 18.8. The molecule has 12 heavy (non-hydrogen) atoms. The Morgan fingerprint density at radius 2 is 0.917 bits per heavy atom. The van der Waals surface area contributed by atoms with Gasteiger partial charge in [-0.05, 0) is 26.7 Å². The fraction of sp³-hybridized carbons (Fsp3) is 1.00. The van der Waals surface area contributed by atoms with Crippen molar-refractivity contribution in [3.05, 3.63) is 0 Å². The van der Waals surface area contributed by atoms with Crippen molar-refractivity contribution in [2.45, 2.75) is 0 Å². The second kappa shape index (κ2) is 24.1. The molecule has 0 spiro atoms. The molecule has 0 aromatic heterocycles. The Balaban J connectivity index is -0.0000000389. The molecule has 0 aromatic rings. The van der Waals surface area contributed by atoms with Gasteiger partial charge in [0.25, 0.3) is 0 Å². The Hall–Kier alpha value is 3.75. The first kappa shape index (κ1) is 24.8. The molecule has 0 saturated carbocycles. The van der Waals surface area contributed by atoms with E-state index in [1.54, 1.807) is 26.7 Å². The van der Waals surface area contributed by atoms with Gasteiger partial charge in [-0.25, -0.2) is 0 Å². The van der Waals surface area contributed by atoms with Crippen molar-refractivity contribution in [1.82, 2.24) is 0 Å². The van der Waals surface area contributed by atoms with Crippen molar-refractivity contribution in [2.24, 2.45) is 0 Å². The summed E-state index contributed by atoms with van der Waals surface area (Å²) in [7, 11) is -2.26. The third-order valence-electron chi connectivity index (χ3n) is 0. The van der Waals surface area contributed by atoms with Gasteiger partial charge >= 0.3 is 50.5 Å². The van der Waals surface area contributed by atoms with Crippen LogP contribution < -0.4 is 13.3 Å². The van der Waals surface area contributed by atoms with Gasteiger partial charge in [0.05, 0.1) is 15.6 Å². The minimum Gasteiger partial charge on any atom is 0 e. The van der Waals surface area contributed by atoms with Gasteiger partial charge in [0.2, 0.25) is 0 Å². The fourth-order valence-corrected chi connectivity index (χ4v) is 0. The number of halogens is 3. The Kier molecular flexibility index (Phi) is 49.9. The van der Waals surface area contributed by atoms with E-state index in [1.807, 2.05) is 0 Å². The molecule has 1 radical (unpaired) electrons. The third kappa shape index (κ3) is 159. The van der Waals surface area contributed by atoms with Crippen molar-refractivity contribution < 1.29 is 55.1 Å². The van der Waals surface area contributed by atoms with Crippen molar-refractivity contribution in [2.75, 3.05) is 26.7 Å². The predicted octanol–water partition coefficient (Wildman–Crippen LogP) is 0.384. The summed E-state index contributed by atoms with van der Waals surface area (Å²) >= 11 is 5.30. The van der Waals surface area contributed by atoms with Gasteiger partial charge in [-0.3, -0.25) is 0 Å². The second-order valence-electron chi connectivity index (χ2n) is 1.87. The van der Waals surface area contributed by atoms with E-state index < -0.39 is 15.6 Å². The zero-order valence-electron chi connectivity index (χ0n) is 7.53. The van der Waals surface area contributed by atoms with Crippen LogP contribution in [0.1, 0.15) is 0 Å². The second-order valence-corrected chi connectivity index (χ2v) is 21.7. The van der Waals surface area contributed by atoms with Crippen LogP contribution in [0.15, 0.2) is 0 Å². The topological polar surface area (TPSA) is 34.1 Å². The Labute approximate surface area is 132 Å². The molecule has 0 fully saturated rings. The molecule has 0 heterocycles. The molecule has 0 atom stereocenters. The monoisotopic (exact) mass is 626 g/mol. The Morgan fingerprint density at radius 3 is 0.917 bits per heavy atom. The summed E-state index contributed by atoms with van der Waals surface area (Å²) in [5.74, 6) is 0. The van der Waals surface area contributed by atoms with Gasteiger partial charge in [-0.15, -0.1) is 0 Å². The fourth-order valence-electron chi connectivity index (χ4n) is 0. The van der Waals surface area contributed by atoms with E-state index in [9.17, 15) is 9.13 Å². The van der Waals surface area contributed by atoms with Crippen LogP contribution in [0.3, 0.4) is 0 Å². The summed E-state index contributed by atoms with van der Waals surface area (Å²) in [5, 5.41) is 0. The van der Waals surface area contributed by atoms with E-state index >= 15 is 0 Å². The molecule has 77 valence electrons. The van der Waals surface area contributed by atoms with Crippen LogP contribution in [0, 0.1) is 0 Å². The van der Waals surface area contributed by atoms with Gasteiger partial charge in [-0.2, -0.15) is 0 Å². The minimum atomic E-state index is -1.13. The number of rotatable bonds is 0. The summed E-state index contributed by atoms with van der Waals surface area (Å²) in [6.07, 6.45) is 0. The molecule has 8 heteroatoms.